The molecule has 0 spiro atoms. The molecule has 0 aromatic heterocycles. The van der Waals surface area contributed by atoms with Crippen molar-refractivity contribution in [2.45, 2.75) is 64.3 Å². The smallest absolute Gasteiger partial charge is 0.223 e. The molecule has 0 bridgehead atoms. The molecule has 2 fully saturated rings. The van der Waals surface area contributed by atoms with E-state index in [0.717, 1.165) is 38.8 Å². The van der Waals surface area contributed by atoms with Crippen molar-refractivity contribution < 1.29 is 9.59 Å². The summed E-state index contributed by atoms with van der Waals surface area (Å²) in [6, 6.07) is 0.277. The average Bonchev–Trinajstić information content (AvgIpc) is 2.55. The molecule has 0 unspecified atom stereocenters. The fraction of sp³-hybridized carbons (Fsp3) is 0.882. The Morgan fingerprint density at radius 2 is 1.74 bits per heavy atom. The van der Waals surface area contributed by atoms with Gasteiger partial charge >= 0.3 is 0 Å². The summed E-state index contributed by atoms with van der Waals surface area (Å²) in [5, 5.41) is 0. The van der Waals surface area contributed by atoms with E-state index in [1.165, 1.54) is 19.3 Å². The van der Waals surface area contributed by atoms with Crippen molar-refractivity contribution in [3.63, 3.8) is 0 Å². The van der Waals surface area contributed by atoms with Crippen LogP contribution >= 0.6 is 12.4 Å². The van der Waals surface area contributed by atoms with Gasteiger partial charge in [0.1, 0.15) is 0 Å². The Morgan fingerprint density at radius 3 is 2.22 bits per heavy atom. The molecule has 1 saturated heterocycles. The minimum Gasteiger partial charge on any atom is -0.343 e. The molecule has 0 atom stereocenters. The van der Waals surface area contributed by atoms with E-state index in [0.29, 0.717) is 13.0 Å². The Bertz CT molecular complexity index is 403. The van der Waals surface area contributed by atoms with Crippen molar-refractivity contribution in [2.75, 3.05) is 26.7 Å². The average molecular weight is 346 g/mol. The van der Waals surface area contributed by atoms with Gasteiger partial charge in [0.05, 0.1) is 0 Å². The summed E-state index contributed by atoms with van der Waals surface area (Å²) in [6.45, 7) is 3.76. The minimum atomic E-state index is 0. The number of carbonyl (C=O) groups is 2. The first kappa shape index (κ1) is 20.2. The van der Waals surface area contributed by atoms with Crippen LogP contribution in [0.25, 0.3) is 0 Å². The van der Waals surface area contributed by atoms with Crippen molar-refractivity contribution in [2.24, 2.45) is 11.1 Å². The summed E-state index contributed by atoms with van der Waals surface area (Å²) in [7, 11) is 1.86. The summed E-state index contributed by atoms with van der Waals surface area (Å²) < 4.78 is 0. The van der Waals surface area contributed by atoms with Gasteiger partial charge in [0, 0.05) is 39.5 Å². The quantitative estimate of drug-likeness (QED) is 0.849. The highest BCUT2D eigenvalue weighted by molar-refractivity contribution is 5.85. The Kier molecular flexibility index (Phi) is 7.81. The lowest BCUT2D eigenvalue weighted by Gasteiger charge is -2.40. The normalized spacial score (nSPS) is 21.4. The van der Waals surface area contributed by atoms with Crippen LogP contribution in [0.4, 0.5) is 0 Å². The maximum atomic E-state index is 12.6. The molecule has 0 aromatic carbocycles. The predicted octanol–water partition coefficient (Wildman–Crippen LogP) is 2.18. The second-order valence-corrected chi connectivity index (χ2v) is 7.18. The summed E-state index contributed by atoms with van der Waals surface area (Å²) in [5.74, 6) is 0.366. The van der Waals surface area contributed by atoms with Gasteiger partial charge < -0.3 is 15.5 Å². The van der Waals surface area contributed by atoms with Gasteiger partial charge in [-0.25, -0.2) is 0 Å². The summed E-state index contributed by atoms with van der Waals surface area (Å²) >= 11 is 0. The lowest BCUT2D eigenvalue weighted by molar-refractivity contribution is -0.136. The fourth-order valence-electron chi connectivity index (χ4n) is 3.95. The minimum absolute atomic E-state index is 0. The third-order valence-corrected chi connectivity index (χ3v) is 5.74. The number of amides is 2. The van der Waals surface area contributed by atoms with Crippen LogP contribution in [-0.4, -0.2) is 54.3 Å². The summed E-state index contributed by atoms with van der Waals surface area (Å²) in [5.41, 5.74) is 6.04. The number of halogens is 1. The number of hydrogen-bond acceptors (Lipinski definition) is 3. The van der Waals surface area contributed by atoms with E-state index in [-0.39, 0.29) is 35.7 Å². The van der Waals surface area contributed by atoms with Crippen LogP contribution in [0.1, 0.15) is 58.3 Å². The van der Waals surface area contributed by atoms with Crippen molar-refractivity contribution in [3.8, 4) is 0 Å². The number of piperidine rings is 1. The van der Waals surface area contributed by atoms with Crippen molar-refractivity contribution >= 4 is 24.2 Å². The third-order valence-electron chi connectivity index (χ3n) is 5.74. The van der Waals surface area contributed by atoms with Gasteiger partial charge in [-0.1, -0.05) is 19.3 Å². The van der Waals surface area contributed by atoms with E-state index in [1.54, 1.807) is 6.92 Å². The van der Waals surface area contributed by atoms with Crippen LogP contribution in [-0.2, 0) is 9.59 Å². The molecule has 1 aliphatic heterocycles. The van der Waals surface area contributed by atoms with Crippen LogP contribution in [0.15, 0.2) is 0 Å². The molecular formula is C17H32ClN3O2. The van der Waals surface area contributed by atoms with E-state index >= 15 is 0 Å². The van der Waals surface area contributed by atoms with E-state index in [2.05, 4.69) is 0 Å². The molecular weight excluding hydrogens is 314 g/mol. The predicted molar refractivity (Wildman–Crippen MR) is 94.5 cm³/mol. The number of carbonyl (C=O) groups excluding carboxylic acids is 2. The standard InChI is InChI=1S/C17H31N3O2.ClH/c1-14(21)19(2)15-6-10-20(11-7-15)16(22)12-17(13-18)8-4-3-5-9-17;/h15H,3-13,18H2,1-2H3;1H. The third kappa shape index (κ3) is 5.08. The molecule has 2 aliphatic rings. The molecule has 0 aromatic rings. The number of hydrogen-bond donors (Lipinski definition) is 1. The van der Waals surface area contributed by atoms with Gasteiger partial charge in [0.25, 0.3) is 0 Å². The Labute approximate surface area is 146 Å². The molecule has 134 valence electrons. The molecule has 2 N–H and O–H groups in total. The van der Waals surface area contributed by atoms with E-state index in [9.17, 15) is 9.59 Å². The number of nitrogens with two attached hydrogens (primary N) is 1. The lowest BCUT2D eigenvalue weighted by Crippen LogP contribution is -2.48. The zero-order valence-corrected chi connectivity index (χ0v) is 15.4. The maximum absolute atomic E-state index is 12.6. The Morgan fingerprint density at radius 1 is 1.17 bits per heavy atom. The molecule has 1 heterocycles. The highest BCUT2D eigenvalue weighted by Crippen LogP contribution is 2.39. The highest BCUT2D eigenvalue weighted by Gasteiger charge is 2.35. The first-order chi connectivity index (χ1) is 10.5. The molecule has 0 radical (unpaired) electrons. The van der Waals surface area contributed by atoms with Gasteiger partial charge in [-0.2, -0.15) is 0 Å². The number of likely N-dealkylation sites (tertiary alicyclic amines) is 1. The van der Waals surface area contributed by atoms with E-state index in [1.807, 2.05) is 16.8 Å². The fourth-order valence-corrected chi connectivity index (χ4v) is 3.95. The molecule has 6 heteroatoms. The molecule has 1 saturated carbocycles. The summed E-state index contributed by atoms with van der Waals surface area (Å²) in [6.07, 6.45) is 8.26. The SMILES string of the molecule is CC(=O)N(C)C1CCN(C(=O)CC2(CN)CCCCC2)CC1.Cl. The largest absolute Gasteiger partial charge is 0.343 e. The van der Waals surface area contributed by atoms with Crippen molar-refractivity contribution in [1.82, 2.24) is 9.80 Å². The van der Waals surface area contributed by atoms with Crippen LogP contribution in [0.5, 0.6) is 0 Å². The van der Waals surface area contributed by atoms with Gasteiger partial charge in [-0.3, -0.25) is 9.59 Å². The molecule has 2 rings (SSSR count). The number of rotatable bonds is 4. The number of nitrogens with zero attached hydrogens (tertiary/aromatic N) is 2. The monoisotopic (exact) mass is 345 g/mol. The first-order valence-corrected chi connectivity index (χ1v) is 8.69. The van der Waals surface area contributed by atoms with Crippen LogP contribution < -0.4 is 5.73 Å². The van der Waals surface area contributed by atoms with E-state index < -0.39 is 0 Å². The molecule has 5 nitrogen and oxygen atoms in total. The lowest BCUT2D eigenvalue weighted by atomic mass is 9.71. The summed E-state index contributed by atoms with van der Waals surface area (Å²) in [4.78, 5) is 27.9. The zero-order chi connectivity index (χ0) is 16.2. The van der Waals surface area contributed by atoms with Crippen LogP contribution in [0.2, 0.25) is 0 Å². The first-order valence-electron chi connectivity index (χ1n) is 8.69. The van der Waals surface area contributed by atoms with Crippen LogP contribution in [0, 0.1) is 5.41 Å². The molecule has 1 aliphatic carbocycles. The highest BCUT2D eigenvalue weighted by atomic mass is 35.5. The van der Waals surface area contributed by atoms with Gasteiger partial charge in [0.2, 0.25) is 11.8 Å². The Hall–Kier alpha value is -0.810. The second-order valence-electron chi connectivity index (χ2n) is 7.18. The zero-order valence-electron chi connectivity index (χ0n) is 14.6. The van der Waals surface area contributed by atoms with Gasteiger partial charge in [-0.05, 0) is 37.6 Å². The topological polar surface area (TPSA) is 66.6 Å². The van der Waals surface area contributed by atoms with Crippen molar-refractivity contribution in [1.29, 1.82) is 0 Å². The Balaban J connectivity index is 0.00000264. The van der Waals surface area contributed by atoms with Crippen LogP contribution in [0.3, 0.4) is 0 Å². The molecule has 23 heavy (non-hydrogen) atoms. The van der Waals surface area contributed by atoms with E-state index in [4.69, 9.17) is 5.73 Å². The molecule has 2 amide bonds. The second kappa shape index (κ2) is 8.88. The van der Waals surface area contributed by atoms with Gasteiger partial charge in [0.15, 0.2) is 0 Å². The maximum Gasteiger partial charge on any atom is 0.223 e. The van der Waals surface area contributed by atoms with Gasteiger partial charge in [-0.15, -0.1) is 12.4 Å². The van der Waals surface area contributed by atoms with Crippen molar-refractivity contribution in [3.05, 3.63) is 0 Å².